The molecule has 1 aromatic carbocycles. The number of anilines is 1. The molecule has 0 atom stereocenters. The lowest BCUT2D eigenvalue weighted by molar-refractivity contribution is 0.907. The molecule has 1 aromatic heterocycles. The Morgan fingerprint density at radius 3 is 2.60 bits per heavy atom. The normalized spacial score (nSPS) is 10.6. The van der Waals surface area contributed by atoms with E-state index >= 15 is 0 Å². The van der Waals surface area contributed by atoms with Crippen molar-refractivity contribution in [2.45, 2.75) is 0 Å². The first-order valence-corrected chi connectivity index (χ1v) is 5.92. The summed E-state index contributed by atoms with van der Waals surface area (Å²) < 4.78 is 3.71. The van der Waals surface area contributed by atoms with Crippen molar-refractivity contribution in [3.05, 3.63) is 33.3 Å². The number of hydrogen-bond acceptors (Lipinski definition) is 2. The maximum atomic E-state index is 5.73. The van der Waals surface area contributed by atoms with E-state index in [1.165, 1.54) is 0 Å². The fraction of sp³-hybridized carbons (Fsp3) is 0.100. The zero-order valence-electron chi connectivity index (χ0n) is 8.04. The molecule has 5 heteroatoms. The van der Waals surface area contributed by atoms with Gasteiger partial charge in [-0.05, 0) is 28.1 Å². The van der Waals surface area contributed by atoms with Crippen molar-refractivity contribution in [3.63, 3.8) is 0 Å². The maximum absolute atomic E-state index is 5.73. The van der Waals surface area contributed by atoms with Gasteiger partial charge in [0.05, 0.1) is 0 Å². The molecule has 0 unspecified atom stereocenters. The number of aromatic nitrogens is 2. The lowest BCUT2D eigenvalue weighted by Crippen LogP contribution is -1.96. The highest BCUT2D eigenvalue weighted by Gasteiger charge is 2.11. The topological polar surface area (TPSA) is 43.8 Å². The van der Waals surface area contributed by atoms with E-state index in [2.05, 4.69) is 36.8 Å². The highest BCUT2D eigenvalue weighted by molar-refractivity contribution is 9.10. The number of imidazole rings is 1. The minimum absolute atomic E-state index is 0.497. The highest BCUT2D eigenvalue weighted by Crippen LogP contribution is 2.30. The van der Waals surface area contributed by atoms with Crippen LogP contribution in [0.4, 0.5) is 5.95 Å². The molecular weight excluding hydrogens is 322 g/mol. The Hall–Kier alpha value is -0.810. The van der Waals surface area contributed by atoms with Crippen LogP contribution in [0, 0.1) is 0 Å². The van der Waals surface area contributed by atoms with Gasteiger partial charge in [-0.25, -0.2) is 4.98 Å². The first-order chi connectivity index (χ1) is 7.09. The molecule has 2 aromatic rings. The maximum Gasteiger partial charge on any atom is 0.201 e. The van der Waals surface area contributed by atoms with Gasteiger partial charge in [0, 0.05) is 17.1 Å². The van der Waals surface area contributed by atoms with E-state index in [0.717, 1.165) is 20.3 Å². The van der Waals surface area contributed by atoms with Crippen molar-refractivity contribution in [2.75, 3.05) is 5.73 Å². The van der Waals surface area contributed by atoms with E-state index in [4.69, 9.17) is 5.73 Å². The summed E-state index contributed by atoms with van der Waals surface area (Å²) in [6, 6.07) is 7.95. The Kier molecular flexibility index (Phi) is 2.84. The van der Waals surface area contributed by atoms with Gasteiger partial charge in [0.25, 0.3) is 0 Å². The van der Waals surface area contributed by atoms with E-state index in [0.29, 0.717) is 5.95 Å². The number of nitrogens with two attached hydrogens (primary N) is 1. The van der Waals surface area contributed by atoms with E-state index in [1.807, 2.05) is 31.3 Å². The van der Waals surface area contributed by atoms with Crippen LogP contribution in [0.5, 0.6) is 0 Å². The van der Waals surface area contributed by atoms with Crippen molar-refractivity contribution in [1.82, 2.24) is 9.55 Å². The third-order valence-corrected chi connectivity index (χ3v) is 3.56. The summed E-state index contributed by atoms with van der Waals surface area (Å²) in [7, 11) is 1.87. The lowest BCUT2D eigenvalue weighted by atomic mass is 10.2. The average Bonchev–Trinajstić information content (AvgIpc) is 2.46. The van der Waals surface area contributed by atoms with Gasteiger partial charge in [0.2, 0.25) is 5.95 Å². The van der Waals surface area contributed by atoms with E-state index < -0.39 is 0 Å². The molecule has 0 aliphatic rings. The van der Waals surface area contributed by atoms with Crippen LogP contribution in [-0.4, -0.2) is 9.55 Å². The van der Waals surface area contributed by atoms with Crippen LogP contribution < -0.4 is 5.73 Å². The molecule has 3 nitrogen and oxygen atoms in total. The fourth-order valence-corrected chi connectivity index (χ4v) is 2.21. The molecular formula is C10H9Br2N3. The molecule has 0 saturated heterocycles. The van der Waals surface area contributed by atoms with Crippen LogP contribution in [0.1, 0.15) is 0 Å². The number of halogens is 2. The second-order valence-corrected chi connectivity index (χ2v) is 4.85. The van der Waals surface area contributed by atoms with Crippen LogP contribution in [0.15, 0.2) is 33.3 Å². The molecule has 0 spiro atoms. The van der Waals surface area contributed by atoms with Gasteiger partial charge >= 0.3 is 0 Å². The molecule has 0 aliphatic heterocycles. The van der Waals surface area contributed by atoms with Crippen LogP contribution in [-0.2, 0) is 7.05 Å². The van der Waals surface area contributed by atoms with Gasteiger partial charge in [-0.2, -0.15) is 0 Å². The van der Waals surface area contributed by atoms with Crippen LogP contribution in [0.3, 0.4) is 0 Å². The zero-order chi connectivity index (χ0) is 11.0. The Morgan fingerprint density at radius 1 is 1.33 bits per heavy atom. The van der Waals surface area contributed by atoms with Gasteiger partial charge in [0.15, 0.2) is 0 Å². The molecule has 78 valence electrons. The van der Waals surface area contributed by atoms with Gasteiger partial charge in [-0.1, -0.05) is 28.1 Å². The first-order valence-electron chi connectivity index (χ1n) is 4.33. The lowest BCUT2D eigenvalue weighted by Gasteiger charge is -1.99. The molecule has 1 heterocycles. The molecule has 0 fully saturated rings. The Balaban J connectivity index is 2.59. The molecule has 2 rings (SSSR count). The molecule has 0 radical (unpaired) electrons. The third kappa shape index (κ3) is 1.94. The van der Waals surface area contributed by atoms with Crippen molar-refractivity contribution < 1.29 is 0 Å². The third-order valence-electron chi connectivity index (χ3n) is 2.16. The average molecular weight is 331 g/mol. The fourth-order valence-electron chi connectivity index (χ4n) is 1.31. The molecule has 0 saturated carbocycles. The summed E-state index contributed by atoms with van der Waals surface area (Å²) in [6.07, 6.45) is 0. The quantitative estimate of drug-likeness (QED) is 0.872. The van der Waals surface area contributed by atoms with E-state index in [1.54, 1.807) is 4.57 Å². The SMILES string of the molecule is Cn1c(N)nc(-c2cccc(Br)c2)c1Br. The summed E-state index contributed by atoms with van der Waals surface area (Å²) >= 11 is 6.90. The summed E-state index contributed by atoms with van der Waals surface area (Å²) in [5.74, 6) is 0.497. The van der Waals surface area contributed by atoms with Crippen LogP contribution >= 0.6 is 31.9 Å². The number of rotatable bonds is 1. The largest absolute Gasteiger partial charge is 0.369 e. The standard InChI is InChI=1S/C10H9Br2N3/c1-15-9(12)8(14-10(15)13)6-3-2-4-7(11)5-6/h2-5H,1H3,(H2,13,14). The van der Waals surface area contributed by atoms with Crippen LogP contribution in [0.2, 0.25) is 0 Å². The first kappa shape index (κ1) is 10.7. The monoisotopic (exact) mass is 329 g/mol. The zero-order valence-corrected chi connectivity index (χ0v) is 11.2. The van der Waals surface area contributed by atoms with Gasteiger partial charge in [-0.15, -0.1) is 0 Å². The molecule has 0 amide bonds. The minimum Gasteiger partial charge on any atom is -0.369 e. The number of nitrogen functional groups attached to an aromatic ring is 1. The van der Waals surface area contributed by atoms with Crippen molar-refractivity contribution in [3.8, 4) is 11.3 Å². The molecule has 0 bridgehead atoms. The predicted octanol–water partition coefficient (Wildman–Crippen LogP) is 3.19. The number of hydrogen-bond donors (Lipinski definition) is 1. The second-order valence-electron chi connectivity index (χ2n) is 3.18. The number of nitrogens with zero attached hydrogens (tertiary/aromatic N) is 2. The van der Waals surface area contributed by atoms with E-state index in [9.17, 15) is 0 Å². The van der Waals surface area contributed by atoms with Gasteiger partial charge in [0.1, 0.15) is 10.3 Å². The van der Waals surface area contributed by atoms with E-state index in [-0.39, 0.29) is 0 Å². The smallest absolute Gasteiger partial charge is 0.201 e. The Bertz CT molecular complexity index is 505. The Morgan fingerprint density at radius 2 is 2.07 bits per heavy atom. The summed E-state index contributed by atoms with van der Waals surface area (Å²) in [5.41, 5.74) is 7.62. The molecule has 15 heavy (non-hydrogen) atoms. The van der Waals surface area contributed by atoms with Crippen molar-refractivity contribution in [1.29, 1.82) is 0 Å². The van der Waals surface area contributed by atoms with Gasteiger partial charge < -0.3 is 10.3 Å². The predicted molar refractivity (Wildman–Crippen MR) is 68.5 cm³/mol. The molecule has 0 aliphatic carbocycles. The summed E-state index contributed by atoms with van der Waals surface area (Å²) in [6.45, 7) is 0. The summed E-state index contributed by atoms with van der Waals surface area (Å²) in [5, 5.41) is 0. The van der Waals surface area contributed by atoms with Crippen molar-refractivity contribution in [2.24, 2.45) is 7.05 Å². The van der Waals surface area contributed by atoms with Crippen molar-refractivity contribution >= 4 is 37.8 Å². The highest BCUT2D eigenvalue weighted by atomic mass is 79.9. The minimum atomic E-state index is 0.497. The van der Waals surface area contributed by atoms with Crippen LogP contribution in [0.25, 0.3) is 11.3 Å². The van der Waals surface area contributed by atoms with Gasteiger partial charge in [-0.3, -0.25) is 0 Å². The second kappa shape index (κ2) is 3.98. The Labute approximate surface area is 105 Å². The molecule has 2 N–H and O–H groups in total. The summed E-state index contributed by atoms with van der Waals surface area (Å²) in [4.78, 5) is 4.29. The number of benzene rings is 1.